The number of hydrogen-bond acceptors (Lipinski definition) is 7. The van der Waals surface area contributed by atoms with Crippen LogP contribution >= 0.6 is 11.8 Å². The fourth-order valence-electron chi connectivity index (χ4n) is 5.15. The van der Waals surface area contributed by atoms with Crippen LogP contribution in [0.25, 0.3) is 0 Å². The number of ether oxygens (including phenoxy) is 3. The number of aliphatic hydroxyl groups is 1. The minimum absolute atomic E-state index is 0.00198. The first kappa shape index (κ1) is 33.5. The summed E-state index contributed by atoms with van der Waals surface area (Å²) in [5.41, 5.74) is 3.81. The van der Waals surface area contributed by atoms with E-state index in [0.29, 0.717) is 19.5 Å². The molecule has 9 heteroatoms. The average Bonchev–Trinajstić information content (AvgIpc) is 3.05. The van der Waals surface area contributed by atoms with Crippen LogP contribution < -0.4 is 15.4 Å². The third-order valence-electron chi connectivity index (χ3n) is 7.79. The van der Waals surface area contributed by atoms with Gasteiger partial charge < -0.3 is 30.0 Å². The molecule has 4 atom stereocenters. The van der Waals surface area contributed by atoms with Gasteiger partial charge in [-0.05, 0) is 41.7 Å². The van der Waals surface area contributed by atoms with Crippen LogP contribution in [-0.2, 0) is 32.2 Å². The van der Waals surface area contributed by atoms with E-state index in [1.807, 2.05) is 66.7 Å². The van der Waals surface area contributed by atoms with Gasteiger partial charge in [-0.2, -0.15) is 0 Å². The van der Waals surface area contributed by atoms with Crippen molar-refractivity contribution in [3.63, 3.8) is 0 Å². The number of nitrogens with one attached hydrogen (secondary N) is 2. The van der Waals surface area contributed by atoms with E-state index in [4.69, 9.17) is 14.2 Å². The Kier molecular flexibility index (Phi) is 13.1. The summed E-state index contributed by atoms with van der Waals surface area (Å²) >= 11 is 1.71. The van der Waals surface area contributed by atoms with Gasteiger partial charge in [0.1, 0.15) is 5.75 Å². The quantitative estimate of drug-likeness (QED) is 0.140. The summed E-state index contributed by atoms with van der Waals surface area (Å²) in [6.45, 7) is 4.76. The molecule has 1 aliphatic rings. The van der Waals surface area contributed by atoms with E-state index < -0.39 is 6.29 Å². The maximum atomic E-state index is 12.3. The van der Waals surface area contributed by atoms with Gasteiger partial charge in [0.2, 0.25) is 11.8 Å². The number of para-hydroxylation sites is 1. The van der Waals surface area contributed by atoms with Gasteiger partial charge in [0.05, 0.1) is 25.9 Å². The van der Waals surface area contributed by atoms with Crippen molar-refractivity contribution >= 4 is 23.6 Å². The van der Waals surface area contributed by atoms with E-state index in [2.05, 4.69) is 23.6 Å². The predicted molar refractivity (Wildman–Crippen MR) is 172 cm³/mol. The fourth-order valence-corrected chi connectivity index (χ4v) is 6.35. The van der Waals surface area contributed by atoms with Crippen LogP contribution in [0.15, 0.2) is 77.7 Å². The highest BCUT2D eigenvalue weighted by Gasteiger charge is 2.38. The SMILES string of the molecule is COc1ccccc1SC[C@@H]1O[C@H](c2ccc(CNC(=O)CCCCCNC(C)=O)cc2)O[C@H](c2ccc(CO)cc2)[C@@H]1C. The van der Waals surface area contributed by atoms with Crippen LogP contribution in [0.2, 0.25) is 0 Å². The van der Waals surface area contributed by atoms with Gasteiger partial charge in [0.15, 0.2) is 6.29 Å². The lowest BCUT2D eigenvalue weighted by Crippen LogP contribution is -2.38. The zero-order valence-corrected chi connectivity index (χ0v) is 26.6. The molecule has 3 N–H and O–H groups in total. The number of carbonyl (C=O) groups excluding carboxylic acids is 2. The molecule has 44 heavy (non-hydrogen) atoms. The molecule has 1 saturated heterocycles. The second-order valence-corrected chi connectivity index (χ2v) is 12.2. The number of benzene rings is 3. The Morgan fingerprint density at radius 3 is 2.30 bits per heavy atom. The highest BCUT2D eigenvalue weighted by atomic mass is 32.2. The molecule has 3 aromatic carbocycles. The lowest BCUT2D eigenvalue weighted by molar-refractivity contribution is -0.268. The van der Waals surface area contributed by atoms with Crippen LogP contribution in [0.1, 0.15) is 74.2 Å². The van der Waals surface area contributed by atoms with Gasteiger partial charge in [-0.25, -0.2) is 0 Å². The van der Waals surface area contributed by atoms with E-state index in [0.717, 1.165) is 57.9 Å². The van der Waals surface area contributed by atoms with Crippen molar-refractivity contribution in [1.82, 2.24) is 10.6 Å². The Morgan fingerprint density at radius 1 is 0.886 bits per heavy atom. The van der Waals surface area contributed by atoms with E-state index in [-0.39, 0.29) is 36.5 Å². The Balaban J connectivity index is 1.38. The first-order valence-electron chi connectivity index (χ1n) is 15.2. The van der Waals surface area contributed by atoms with Crippen molar-refractivity contribution in [3.05, 3.63) is 95.1 Å². The highest BCUT2D eigenvalue weighted by Crippen LogP contribution is 2.43. The number of amides is 2. The Bertz CT molecular complexity index is 1330. The van der Waals surface area contributed by atoms with Crippen LogP contribution in [0.4, 0.5) is 0 Å². The van der Waals surface area contributed by atoms with Crippen LogP contribution in [0.5, 0.6) is 5.75 Å². The molecule has 3 aromatic rings. The van der Waals surface area contributed by atoms with Gasteiger partial charge >= 0.3 is 0 Å². The van der Waals surface area contributed by atoms with Crippen molar-refractivity contribution in [2.75, 3.05) is 19.4 Å². The summed E-state index contributed by atoms with van der Waals surface area (Å²) < 4.78 is 18.7. The number of aliphatic hydroxyl groups excluding tert-OH is 1. The Morgan fingerprint density at radius 2 is 1.59 bits per heavy atom. The molecule has 8 nitrogen and oxygen atoms in total. The van der Waals surface area contributed by atoms with Gasteiger partial charge in [0.25, 0.3) is 0 Å². The molecule has 236 valence electrons. The molecule has 0 aromatic heterocycles. The largest absolute Gasteiger partial charge is 0.496 e. The summed E-state index contributed by atoms with van der Waals surface area (Å²) in [4.78, 5) is 24.3. The van der Waals surface area contributed by atoms with Gasteiger partial charge in [0, 0.05) is 48.6 Å². The molecule has 2 amide bonds. The standard InChI is InChI=1S/C35H44N2O6S/c1-24-31(23-44-32-10-7-6-9-30(32)41-3)42-35(43-34(24)28-16-14-27(22-38)15-17-28)29-18-12-26(13-19-29)21-37-33(40)11-5-4-8-20-36-25(2)39/h6-7,9-10,12-19,24,31,34-35,38H,4-5,8,11,20-23H2,1-3H3,(H,36,39)(H,37,40)/t24-,31+,34+,35+/m1/s1. The molecule has 0 radical (unpaired) electrons. The molecule has 0 aliphatic carbocycles. The molecule has 4 rings (SSSR count). The van der Waals surface area contributed by atoms with Gasteiger partial charge in [-0.15, -0.1) is 11.8 Å². The lowest BCUT2D eigenvalue weighted by atomic mass is 9.91. The molecule has 0 bridgehead atoms. The smallest absolute Gasteiger partial charge is 0.220 e. The summed E-state index contributed by atoms with van der Waals surface area (Å²) in [6, 6.07) is 23.9. The number of carbonyl (C=O) groups is 2. The zero-order chi connectivity index (χ0) is 31.3. The average molecular weight is 621 g/mol. The Hall–Kier alpha value is -3.37. The van der Waals surface area contributed by atoms with E-state index >= 15 is 0 Å². The zero-order valence-electron chi connectivity index (χ0n) is 25.8. The van der Waals surface area contributed by atoms with Crippen molar-refractivity contribution in [2.45, 2.75) is 76.1 Å². The van der Waals surface area contributed by atoms with Crippen LogP contribution in [0, 0.1) is 5.92 Å². The number of rotatable bonds is 15. The van der Waals surface area contributed by atoms with Gasteiger partial charge in [-0.1, -0.05) is 74.0 Å². The molecule has 0 saturated carbocycles. The molecule has 0 spiro atoms. The van der Waals surface area contributed by atoms with Crippen molar-refractivity contribution in [3.8, 4) is 5.75 Å². The summed E-state index contributed by atoms with van der Waals surface area (Å²) in [5.74, 6) is 1.64. The monoisotopic (exact) mass is 620 g/mol. The van der Waals surface area contributed by atoms with Crippen molar-refractivity contribution < 1.29 is 28.9 Å². The summed E-state index contributed by atoms with van der Waals surface area (Å²) in [5, 5.41) is 15.3. The van der Waals surface area contributed by atoms with Crippen LogP contribution in [-0.4, -0.2) is 42.4 Å². The number of methoxy groups -OCH3 is 1. The summed E-state index contributed by atoms with van der Waals surface area (Å²) in [7, 11) is 1.68. The van der Waals surface area contributed by atoms with Crippen LogP contribution in [0.3, 0.4) is 0 Å². The molecule has 0 unspecified atom stereocenters. The third kappa shape index (κ3) is 9.82. The first-order valence-corrected chi connectivity index (χ1v) is 16.2. The van der Waals surface area contributed by atoms with E-state index in [1.165, 1.54) is 6.92 Å². The van der Waals surface area contributed by atoms with E-state index in [1.54, 1.807) is 18.9 Å². The molecule has 1 heterocycles. The summed E-state index contributed by atoms with van der Waals surface area (Å²) in [6.07, 6.45) is 2.18. The second-order valence-electron chi connectivity index (χ2n) is 11.1. The molecular weight excluding hydrogens is 576 g/mol. The first-order chi connectivity index (χ1) is 21.4. The lowest BCUT2D eigenvalue weighted by Gasteiger charge is -2.41. The third-order valence-corrected chi connectivity index (χ3v) is 8.94. The highest BCUT2D eigenvalue weighted by molar-refractivity contribution is 7.99. The number of hydrogen-bond donors (Lipinski definition) is 3. The molecule has 1 aliphatic heterocycles. The maximum absolute atomic E-state index is 12.3. The minimum Gasteiger partial charge on any atom is -0.496 e. The van der Waals surface area contributed by atoms with Crippen molar-refractivity contribution in [2.24, 2.45) is 5.92 Å². The van der Waals surface area contributed by atoms with E-state index in [9.17, 15) is 14.7 Å². The number of unbranched alkanes of at least 4 members (excludes halogenated alkanes) is 2. The normalized spacial score (nSPS) is 19.7. The Labute approximate surface area is 264 Å². The maximum Gasteiger partial charge on any atom is 0.220 e. The number of thioether (sulfide) groups is 1. The fraction of sp³-hybridized carbons (Fsp3) is 0.429. The topological polar surface area (TPSA) is 106 Å². The van der Waals surface area contributed by atoms with Crippen molar-refractivity contribution in [1.29, 1.82) is 0 Å². The predicted octanol–water partition coefficient (Wildman–Crippen LogP) is 6.08. The molecular formula is C35H44N2O6S. The minimum atomic E-state index is -0.557. The van der Waals surface area contributed by atoms with Gasteiger partial charge in [-0.3, -0.25) is 9.59 Å². The second kappa shape index (κ2) is 17.2. The molecule has 1 fully saturated rings.